The Hall–Kier alpha value is 0.180. The summed E-state index contributed by atoms with van der Waals surface area (Å²) in [7, 11) is -2.72. The van der Waals surface area contributed by atoms with E-state index in [0.29, 0.717) is 0 Å². The second kappa shape index (κ2) is 1.60. The van der Waals surface area contributed by atoms with Crippen molar-refractivity contribution in [2.75, 3.05) is 0 Å². The molecule has 0 saturated carbocycles. The van der Waals surface area contributed by atoms with Crippen LogP contribution in [-0.4, -0.2) is 4.89 Å². The van der Waals surface area contributed by atoms with Gasteiger partial charge < -0.3 is 4.89 Å². The molecule has 1 N–H and O–H groups in total. The first kappa shape index (κ1) is 5.32. The van der Waals surface area contributed by atoms with E-state index in [0.717, 1.165) is 0 Å². The summed E-state index contributed by atoms with van der Waals surface area (Å²) in [6, 6.07) is 0. The van der Waals surface area contributed by atoms with Crippen molar-refractivity contribution in [3.63, 3.8) is 0 Å². The van der Waals surface area contributed by atoms with Gasteiger partial charge in [0.05, 0.1) is 0 Å². The largest absolute Gasteiger partial charge is 0.453 e. The third kappa shape index (κ3) is 1.28. The molecular weight excluding hydrogens is 138 g/mol. The van der Waals surface area contributed by atoms with Crippen molar-refractivity contribution in [2.45, 2.75) is 0 Å². The summed E-state index contributed by atoms with van der Waals surface area (Å²) < 4.78 is 4.16. The molecule has 1 atom stereocenters. The van der Waals surface area contributed by atoms with Crippen molar-refractivity contribution in [1.82, 2.24) is 0 Å². The second-order valence-corrected chi connectivity index (χ2v) is 3.99. The van der Waals surface area contributed by atoms with Crippen LogP contribution in [0.15, 0.2) is 12.1 Å². The van der Waals surface area contributed by atoms with E-state index in [4.69, 9.17) is 16.1 Å². The molecule has 5 heteroatoms. The molecular formula is C2H3ClO3P+. The van der Waals surface area contributed by atoms with Crippen LogP contribution >= 0.6 is 18.3 Å². The Morgan fingerprint density at radius 2 is 2.43 bits per heavy atom. The van der Waals surface area contributed by atoms with Crippen LogP contribution in [0.2, 0.25) is 0 Å². The fourth-order valence-electron chi connectivity index (χ4n) is 0.210. The van der Waals surface area contributed by atoms with Crippen LogP contribution in [-0.2, 0) is 9.56 Å². The zero-order valence-corrected chi connectivity index (χ0v) is 4.89. The van der Waals surface area contributed by atoms with Crippen LogP contribution in [0.3, 0.4) is 0 Å². The summed E-state index contributed by atoms with van der Waals surface area (Å²) in [6.45, 7) is 0. The summed E-state index contributed by atoms with van der Waals surface area (Å²) >= 11 is 5.20. The lowest BCUT2D eigenvalue weighted by atomic mass is 11.2. The molecule has 40 valence electrons. The van der Waals surface area contributed by atoms with Crippen LogP contribution in [0.5, 0.6) is 0 Å². The van der Waals surface area contributed by atoms with Crippen molar-refractivity contribution in [1.29, 1.82) is 0 Å². The molecule has 0 aromatic heterocycles. The molecule has 0 radical (unpaired) electrons. The van der Waals surface area contributed by atoms with Gasteiger partial charge in [-0.1, -0.05) is 0 Å². The van der Waals surface area contributed by atoms with Crippen LogP contribution in [0, 0.1) is 0 Å². The van der Waals surface area contributed by atoms with Gasteiger partial charge in [0, 0.05) is 4.67 Å². The maximum absolute atomic E-state index is 8.64. The van der Waals surface area contributed by atoms with E-state index in [2.05, 4.69) is 9.56 Å². The number of halogens is 1. The fourth-order valence-corrected chi connectivity index (χ4v) is 0.865. The molecule has 0 saturated heterocycles. The fraction of sp³-hybridized carbons (Fsp3) is 0. The van der Waals surface area contributed by atoms with E-state index in [1.165, 1.54) is 12.1 Å². The molecule has 0 bridgehead atoms. The molecule has 0 spiro atoms. The minimum Gasteiger partial charge on any atom is -0.303 e. The quantitative estimate of drug-likeness (QED) is 0.410. The Kier molecular flexibility index (Phi) is 1.22. The molecule has 1 aliphatic heterocycles. The Morgan fingerprint density at radius 3 is 2.57 bits per heavy atom. The molecule has 0 aromatic carbocycles. The highest BCUT2D eigenvalue weighted by atomic mass is 35.7. The van der Waals surface area contributed by atoms with Crippen LogP contribution in [0.25, 0.3) is 0 Å². The Bertz CT molecular complexity index is 101. The van der Waals surface area contributed by atoms with Gasteiger partial charge in [-0.15, -0.1) is 0 Å². The van der Waals surface area contributed by atoms with Gasteiger partial charge in [-0.05, 0) is 0 Å². The zero-order valence-electron chi connectivity index (χ0n) is 3.24. The summed E-state index contributed by atoms with van der Waals surface area (Å²) in [6.07, 6.45) is 1.21. The molecule has 0 aromatic rings. The summed E-state index contributed by atoms with van der Waals surface area (Å²) in [5.74, 6) is 1.29. The topological polar surface area (TPSA) is 38.7 Å². The standard InChI is InChI=1S/C2H3ClO3P/c3-7(4)2-1-5-6-7/h1-2,4H/q+1. The lowest BCUT2D eigenvalue weighted by Gasteiger charge is -1.90. The van der Waals surface area contributed by atoms with Crippen molar-refractivity contribution in [3.05, 3.63) is 12.1 Å². The number of hydrogen-bond donors (Lipinski definition) is 1. The molecule has 1 aliphatic rings. The highest BCUT2D eigenvalue weighted by molar-refractivity contribution is 7.93. The molecule has 1 rings (SSSR count). The van der Waals surface area contributed by atoms with E-state index in [1.807, 2.05) is 0 Å². The van der Waals surface area contributed by atoms with Gasteiger partial charge in [0.15, 0.2) is 23.3 Å². The molecule has 7 heavy (non-hydrogen) atoms. The average molecular weight is 141 g/mol. The molecule has 1 heterocycles. The third-order valence-electron chi connectivity index (χ3n) is 0.448. The van der Waals surface area contributed by atoms with Crippen LogP contribution < -0.4 is 0 Å². The predicted molar refractivity (Wildman–Crippen MR) is 26.3 cm³/mol. The van der Waals surface area contributed by atoms with Gasteiger partial charge in [0.2, 0.25) is 0 Å². The first-order valence-corrected chi connectivity index (χ1v) is 4.18. The first-order valence-electron chi connectivity index (χ1n) is 1.55. The first-order chi connectivity index (χ1) is 3.21. The van der Waals surface area contributed by atoms with Crippen molar-refractivity contribution in [2.24, 2.45) is 0 Å². The number of rotatable bonds is 0. The van der Waals surface area contributed by atoms with E-state index < -0.39 is 7.07 Å². The van der Waals surface area contributed by atoms with Crippen LogP contribution in [0.4, 0.5) is 0 Å². The SMILES string of the molecule is O[P+]1(Cl)C=COO1. The Morgan fingerprint density at radius 1 is 1.71 bits per heavy atom. The summed E-state index contributed by atoms with van der Waals surface area (Å²) in [5.41, 5.74) is 0. The van der Waals surface area contributed by atoms with E-state index in [-0.39, 0.29) is 0 Å². The van der Waals surface area contributed by atoms with Crippen molar-refractivity contribution in [3.8, 4) is 0 Å². The smallest absolute Gasteiger partial charge is 0.303 e. The zero-order chi connectivity index (χ0) is 5.33. The minimum atomic E-state index is -2.72. The summed E-state index contributed by atoms with van der Waals surface area (Å²) in [5, 5.41) is 0. The molecule has 3 nitrogen and oxygen atoms in total. The summed E-state index contributed by atoms with van der Waals surface area (Å²) in [4.78, 5) is 12.8. The lowest BCUT2D eigenvalue weighted by molar-refractivity contribution is -0.138. The van der Waals surface area contributed by atoms with E-state index >= 15 is 0 Å². The van der Waals surface area contributed by atoms with Gasteiger partial charge in [-0.3, -0.25) is 0 Å². The Balaban J connectivity index is 2.57. The normalized spacial score (nSPS) is 38.6. The Labute approximate surface area is 45.7 Å². The number of hydrogen-bond acceptors (Lipinski definition) is 3. The maximum Gasteiger partial charge on any atom is 0.453 e. The minimum absolute atomic E-state index is 1.21. The molecule has 1 unspecified atom stereocenters. The van der Waals surface area contributed by atoms with Gasteiger partial charge in [-0.25, -0.2) is 0 Å². The van der Waals surface area contributed by atoms with E-state index in [1.54, 1.807) is 0 Å². The molecule has 0 amide bonds. The molecule has 0 fully saturated rings. The third-order valence-corrected chi connectivity index (χ3v) is 1.74. The lowest BCUT2D eigenvalue weighted by Crippen LogP contribution is -1.74. The van der Waals surface area contributed by atoms with E-state index in [9.17, 15) is 0 Å². The maximum atomic E-state index is 8.64. The highest BCUT2D eigenvalue weighted by Crippen LogP contribution is 2.65. The van der Waals surface area contributed by atoms with Crippen LogP contribution in [0.1, 0.15) is 0 Å². The predicted octanol–water partition coefficient (Wildman–Crippen LogP) is 1.41. The van der Waals surface area contributed by atoms with Gasteiger partial charge in [0.1, 0.15) is 0 Å². The highest BCUT2D eigenvalue weighted by Gasteiger charge is 2.40. The molecule has 0 aliphatic carbocycles. The van der Waals surface area contributed by atoms with Crippen molar-refractivity contribution < 1.29 is 14.5 Å². The van der Waals surface area contributed by atoms with Crippen molar-refractivity contribution >= 4 is 18.3 Å². The van der Waals surface area contributed by atoms with Gasteiger partial charge in [-0.2, -0.15) is 4.89 Å². The monoisotopic (exact) mass is 141 g/mol. The van der Waals surface area contributed by atoms with Gasteiger partial charge >= 0.3 is 7.07 Å². The second-order valence-electron chi connectivity index (χ2n) is 1.00. The average Bonchev–Trinajstić information content (AvgIpc) is 1.84. The van der Waals surface area contributed by atoms with Gasteiger partial charge in [0.25, 0.3) is 0 Å².